The van der Waals surface area contributed by atoms with Gasteiger partial charge >= 0.3 is 0 Å². The number of carbonyl (C=O) groups excluding carboxylic acids is 1. The van der Waals surface area contributed by atoms with Crippen LogP contribution >= 0.6 is 0 Å². The number of hydrogen-bond donors (Lipinski definition) is 1. The molecule has 0 saturated carbocycles. The molecule has 3 heterocycles. The molecule has 2 bridgehead atoms. The average Bonchev–Trinajstić information content (AvgIpc) is 3.40. The van der Waals surface area contributed by atoms with Gasteiger partial charge in [0.2, 0.25) is 5.91 Å². The minimum atomic E-state index is -1.04. The first-order chi connectivity index (χ1) is 15.4. The molecular weight excluding hydrogens is 414 g/mol. The van der Waals surface area contributed by atoms with Crippen LogP contribution < -0.4 is 5.56 Å². The molecule has 3 aromatic rings. The Kier molecular flexibility index (Phi) is 4.63. The number of carbonyl (C=O) groups is 1. The second-order valence-corrected chi connectivity index (χ2v) is 8.20. The Balaban J connectivity index is 1.44. The third-order valence-corrected chi connectivity index (χ3v) is 6.45. The van der Waals surface area contributed by atoms with Crippen LogP contribution in [0.3, 0.4) is 0 Å². The topological polar surface area (TPSA) is 89.8 Å². The maximum atomic E-state index is 14.4. The number of aromatic amines is 1. The van der Waals surface area contributed by atoms with Crippen molar-refractivity contribution in [3.05, 3.63) is 80.9 Å². The van der Waals surface area contributed by atoms with E-state index in [4.69, 9.17) is 0 Å². The van der Waals surface area contributed by atoms with Crippen molar-refractivity contribution < 1.29 is 13.6 Å². The molecular formula is C24H18F2N4O2. The molecule has 1 aliphatic heterocycles. The van der Waals surface area contributed by atoms with E-state index in [2.05, 4.69) is 16.0 Å². The number of rotatable bonds is 3. The number of nitrogens with one attached hydrogen (secondary N) is 1. The lowest BCUT2D eigenvalue weighted by atomic mass is 9.96. The van der Waals surface area contributed by atoms with E-state index in [-0.39, 0.29) is 46.3 Å². The number of aryl methyl sites for hydroxylation is 1. The molecule has 0 spiro atoms. The van der Waals surface area contributed by atoms with Crippen molar-refractivity contribution in [2.45, 2.75) is 25.8 Å². The first-order valence-electron chi connectivity index (χ1n) is 10.2. The van der Waals surface area contributed by atoms with Crippen molar-refractivity contribution in [3.63, 3.8) is 0 Å². The fourth-order valence-corrected chi connectivity index (χ4v) is 4.88. The largest absolute Gasteiger partial charge is 0.335 e. The summed E-state index contributed by atoms with van der Waals surface area (Å²) in [6.45, 7) is 1.99. The van der Waals surface area contributed by atoms with Gasteiger partial charge < -0.3 is 9.88 Å². The molecule has 1 N–H and O–H groups in total. The summed E-state index contributed by atoms with van der Waals surface area (Å²) in [5.41, 5.74) is 2.22. The lowest BCUT2D eigenvalue weighted by Gasteiger charge is -2.26. The number of pyridine rings is 2. The second kappa shape index (κ2) is 7.38. The van der Waals surface area contributed by atoms with Crippen LogP contribution in [0.5, 0.6) is 0 Å². The summed E-state index contributed by atoms with van der Waals surface area (Å²) >= 11 is 0. The van der Waals surface area contributed by atoms with Crippen molar-refractivity contribution in [2.75, 3.05) is 6.54 Å². The minimum absolute atomic E-state index is 0.0169. The van der Waals surface area contributed by atoms with Gasteiger partial charge in [-0.3, -0.25) is 14.6 Å². The molecule has 1 fully saturated rings. The van der Waals surface area contributed by atoms with Gasteiger partial charge in [0, 0.05) is 29.6 Å². The Bertz CT molecular complexity index is 1420. The first kappa shape index (κ1) is 20.1. The van der Waals surface area contributed by atoms with Gasteiger partial charge in [0.1, 0.15) is 6.07 Å². The lowest BCUT2D eigenvalue weighted by molar-refractivity contribution is -0.130. The monoisotopic (exact) mass is 432 g/mol. The van der Waals surface area contributed by atoms with E-state index in [0.29, 0.717) is 17.8 Å². The number of aromatic nitrogens is 2. The zero-order valence-electron chi connectivity index (χ0n) is 17.2. The summed E-state index contributed by atoms with van der Waals surface area (Å²) in [7, 11) is 0. The number of fused-ring (bicyclic) bond motifs is 3. The van der Waals surface area contributed by atoms with E-state index >= 15 is 0 Å². The maximum Gasteiger partial charge on any atom is 0.252 e. The Morgan fingerprint density at radius 1 is 1.34 bits per heavy atom. The molecule has 2 aliphatic rings. The molecule has 2 aromatic heterocycles. The highest BCUT2D eigenvalue weighted by Crippen LogP contribution is 2.42. The summed E-state index contributed by atoms with van der Waals surface area (Å²) in [6.07, 6.45) is 4.13. The van der Waals surface area contributed by atoms with Crippen molar-refractivity contribution in [1.29, 1.82) is 5.26 Å². The molecule has 2 atom stereocenters. The fourth-order valence-electron chi connectivity index (χ4n) is 4.88. The SMILES string of the molecule is Cc1c(CC(=O)N2C[C@@H]3C[C@H]2C=C3c2ncccc2C#N)c(=O)[nH]c2ccc(F)c(F)c12. The summed E-state index contributed by atoms with van der Waals surface area (Å²) in [4.78, 5) is 34.3. The average molecular weight is 432 g/mol. The number of amides is 1. The zero-order valence-corrected chi connectivity index (χ0v) is 17.2. The van der Waals surface area contributed by atoms with Gasteiger partial charge in [0.05, 0.1) is 29.2 Å². The molecule has 32 heavy (non-hydrogen) atoms. The number of benzene rings is 1. The highest BCUT2D eigenvalue weighted by molar-refractivity contribution is 5.87. The number of hydrogen-bond acceptors (Lipinski definition) is 4. The number of nitriles is 1. The highest BCUT2D eigenvalue weighted by Gasteiger charge is 2.42. The second-order valence-electron chi connectivity index (χ2n) is 8.20. The molecule has 1 aliphatic carbocycles. The van der Waals surface area contributed by atoms with E-state index in [0.717, 1.165) is 18.1 Å². The molecule has 0 unspecified atom stereocenters. The molecule has 8 heteroatoms. The molecule has 5 rings (SSSR count). The van der Waals surface area contributed by atoms with Crippen LogP contribution in [0.2, 0.25) is 0 Å². The standard InChI is InChI=1S/C24H18F2N4O2/c1-12-16(24(32)29-19-5-4-18(25)22(26)21(12)19)9-20(31)30-11-14-7-15(30)8-17(14)23-13(10-27)3-2-6-28-23/h2-6,8,14-15H,7,9,11H2,1H3,(H,29,32)/t14-,15-/m0/s1. The summed E-state index contributed by atoms with van der Waals surface area (Å²) in [6, 6.07) is 7.71. The van der Waals surface area contributed by atoms with E-state index < -0.39 is 17.2 Å². The van der Waals surface area contributed by atoms with Gasteiger partial charge in [-0.1, -0.05) is 6.08 Å². The van der Waals surface area contributed by atoms with Crippen LogP contribution in [0, 0.1) is 35.8 Å². The molecule has 6 nitrogen and oxygen atoms in total. The highest BCUT2D eigenvalue weighted by atomic mass is 19.2. The van der Waals surface area contributed by atoms with Crippen molar-refractivity contribution in [3.8, 4) is 6.07 Å². The summed E-state index contributed by atoms with van der Waals surface area (Å²) < 4.78 is 28.1. The quantitative estimate of drug-likeness (QED) is 0.688. The number of likely N-dealkylation sites (tertiary alicyclic amines) is 1. The Hall–Kier alpha value is -3.86. The maximum absolute atomic E-state index is 14.4. The van der Waals surface area contributed by atoms with Gasteiger partial charge in [-0.05, 0) is 48.7 Å². The van der Waals surface area contributed by atoms with Crippen molar-refractivity contribution in [2.24, 2.45) is 5.92 Å². The molecule has 1 saturated heterocycles. The van der Waals surface area contributed by atoms with E-state index in [1.165, 1.54) is 13.0 Å². The summed E-state index contributed by atoms with van der Waals surface area (Å²) in [5.74, 6) is -2.24. The molecule has 160 valence electrons. The van der Waals surface area contributed by atoms with Crippen LogP contribution in [0.4, 0.5) is 8.78 Å². The number of H-pyrrole nitrogens is 1. The zero-order chi connectivity index (χ0) is 22.6. The third kappa shape index (κ3) is 3.01. The molecule has 1 amide bonds. The smallest absolute Gasteiger partial charge is 0.252 e. The molecule has 1 aromatic carbocycles. The van der Waals surface area contributed by atoms with Crippen molar-refractivity contribution >= 4 is 22.4 Å². The molecule has 0 radical (unpaired) electrons. The van der Waals surface area contributed by atoms with E-state index in [9.17, 15) is 23.6 Å². The van der Waals surface area contributed by atoms with Crippen LogP contribution in [0.15, 0.2) is 41.3 Å². The van der Waals surface area contributed by atoms with Crippen LogP contribution in [0.25, 0.3) is 16.5 Å². The Labute approximate surface area is 181 Å². The van der Waals surface area contributed by atoms with Crippen molar-refractivity contribution in [1.82, 2.24) is 14.9 Å². The van der Waals surface area contributed by atoms with E-state index in [1.54, 1.807) is 23.2 Å². The number of nitrogens with zero attached hydrogens (tertiary/aromatic N) is 3. The van der Waals surface area contributed by atoms with Gasteiger partial charge in [-0.25, -0.2) is 8.78 Å². The van der Waals surface area contributed by atoms with Gasteiger partial charge in [-0.2, -0.15) is 5.26 Å². The van der Waals surface area contributed by atoms with Gasteiger partial charge in [-0.15, -0.1) is 0 Å². The van der Waals surface area contributed by atoms with Gasteiger partial charge in [0.25, 0.3) is 5.56 Å². The first-order valence-corrected chi connectivity index (χ1v) is 10.2. The van der Waals surface area contributed by atoms with Crippen LogP contribution in [-0.2, 0) is 11.2 Å². The number of halogens is 2. The predicted molar refractivity (Wildman–Crippen MR) is 113 cm³/mol. The van der Waals surface area contributed by atoms with E-state index in [1.807, 2.05) is 6.08 Å². The normalized spacial score (nSPS) is 19.3. The summed E-state index contributed by atoms with van der Waals surface area (Å²) in [5, 5.41) is 9.34. The van der Waals surface area contributed by atoms with Crippen LogP contribution in [-0.4, -0.2) is 33.4 Å². The lowest BCUT2D eigenvalue weighted by Crippen LogP contribution is -2.38. The Morgan fingerprint density at radius 3 is 2.88 bits per heavy atom. The van der Waals surface area contributed by atoms with Gasteiger partial charge in [0.15, 0.2) is 11.6 Å². The van der Waals surface area contributed by atoms with Crippen LogP contribution in [0.1, 0.15) is 28.8 Å². The third-order valence-electron chi connectivity index (χ3n) is 6.45. The predicted octanol–water partition coefficient (Wildman–Crippen LogP) is 3.24. The minimum Gasteiger partial charge on any atom is -0.335 e. The Morgan fingerprint density at radius 2 is 2.16 bits per heavy atom. The fraction of sp³-hybridized carbons (Fsp3) is 0.250.